The van der Waals surface area contributed by atoms with E-state index in [0.717, 1.165) is 22.0 Å². The number of aromatic nitrogens is 1. The van der Waals surface area contributed by atoms with Gasteiger partial charge in [0.2, 0.25) is 0 Å². The third-order valence-electron chi connectivity index (χ3n) is 3.27. The summed E-state index contributed by atoms with van der Waals surface area (Å²) >= 11 is 0. The summed E-state index contributed by atoms with van der Waals surface area (Å²) in [5, 5.41) is 11.8. The minimum atomic E-state index is -0.360. The van der Waals surface area contributed by atoms with Crippen LogP contribution in [0.25, 0.3) is 22.0 Å². The van der Waals surface area contributed by atoms with Gasteiger partial charge in [-0.2, -0.15) is 0 Å². The number of hydrogen-bond donors (Lipinski definition) is 0. The van der Waals surface area contributed by atoms with Crippen LogP contribution < -0.4 is 0 Å². The number of nitro benzene ring substituents is 1. The first-order chi connectivity index (χ1) is 9.16. The van der Waals surface area contributed by atoms with E-state index in [-0.39, 0.29) is 10.6 Å². The Morgan fingerprint density at radius 1 is 1.11 bits per heavy atom. The number of non-ortho nitro benzene ring substituents is 1. The molecule has 0 saturated heterocycles. The van der Waals surface area contributed by atoms with Gasteiger partial charge in [-0.1, -0.05) is 30.3 Å². The Bertz CT molecular complexity index is 760. The summed E-state index contributed by atoms with van der Waals surface area (Å²) < 4.78 is 1.99. The van der Waals surface area contributed by atoms with Gasteiger partial charge < -0.3 is 4.57 Å². The lowest BCUT2D eigenvalue weighted by Gasteiger charge is -1.99. The summed E-state index contributed by atoms with van der Waals surface area (Å²) in [7, 11) is 1.95. The van der Waals surface area contributed by atoms with Gasteiger partial charge in [-0.15, -0.1) is 0 Å². The van der Waals surface area contributed by atoms with Crippen LogP contribution in [-0.4, -0.2) is 9.49 Å². The van der Waals surface area contributed by atoms with Crippen LogP contribution in [0.1, 0.15) is 0 Å². The number of fused-ring (bicyclic) bond motifs is 1. The first-order valence-electron chi connectivity index (χ1n) is 5.96. The Hall–Kier alpha value is -2.62. The molecule has 0 bridgehead atoms. The molecule has 0 fully saturated rings. The zero-order valence-corrected chi connectivity index (χ0v) is 10.4. The number of hydrogen-bond acceptors (Lipinski definition) is 2. The largest absolute Gasteiger partial charge is 0.350 e. The maximum absolute atomic E-state index is 10.9. The van der Waals surface area contributed by atoms with E-state index in [9.17, 15) is 10.1 Å². The van der Waals surface area contributed by atoms with E-state index in [2.05, 4.69) is 0 Å². The van der Waals surface area contributed by atoms with Gasteiger partial charge in [0, 0.05) is 41.8 Å². The minimum absolute atomic E-state index is 0.121. The third kappa shape index (κ3) is 1.87. The summed E-state index contributed by atoms with van der Waals surface area (Å²) in [6, 6.07) is 14.9. The Labute approximate surface area is 110 Å². The first-order valence-corrected chi connectivity index (χ1v) is 5.96. The fourth-order valence-corrected chi connectivity index (χ4v) is 2.34. The fraction of sp³-hybridized carbons (Fsp3) is 0.0667. The molecule has 3 rings (SSSR count). The highest BCUT2D eigenvalue weighted by molar-refractivity contribution is 5.97. The standard InChI is InChI=1S/C15H12N2O2/c1-16-10-14(11-5-3-2-4-6-11)13-9-12(17(18)19)7-8-15(13)16/h2-10H,1H3. The molecule has 3 aromatic rings. The molecule has 0 unspecified atom stereocenters. The van der Waals surface area contributed by atoms with Gasteiger partial charge in [-0.05, 0) is 11.6 Å². The van der Waals surface area contributed by atoms with Crippen LogP contribution in [0, 0.1) is 10.1 Å². The number of nitrogens with zero attached hydrogens (tertiary/aromatic N) is 2. The summed E-state index contributed by atoms with van der Waals surface area (Å²) in [6.45, 7) is 0. The minimum Gasteiger partial charge on any atom is -0.350 e. The molecular formula is C15H12N2O2. The van der Waals surface area contributed by atoms with Gasteiger partial charge in [0.05, 0.1) is 4.92 Å². The molecule has 1 heterocycles. The summed E-state index contributed by atoms with van der Waals surface area (Å²) in [5.41, 5.74) is 3.19. The molecule has 0 amide bonds. The SMILES string of the molecule is Cn1cc(-c2ccccc2)c2cc([N+](=O)[O-])ccc21. The van der Waals surface area contributed by atoms with Gasteiger partial charge in [0.15, 0.2) is 0 Å². The Balaban J connectivity index is 2.30. The van der Waals surface area contributed by atoms with Crippen LogP contribution in [0.5, 0.6) is 0 Å². The van der Waals surface area contributed by atoms with Crippen LogP contribution in [0.4, 0.5) is 5.69 Å². The first kappa shape index (κ1) is 11.5. The Kier molecular flexibility index (Phi) is 2.56. The number of rotatable bonds is 2. The van der Waals surface area contributed by atoms with Crippen molar-refractivity contribution in [1.29, 1.82) is 0 Å². The summed E-state index contributed by atoms with van der Waals surface area (Å²) in [5.74, 6) is 0. The van der Waals surface area contributed by atoms with Gasteiger partial charge in [-0.3, -0.25) is 10.1 Å². The molecule has 94 valence electrons. The summed E-state index contributed by atoms with van der Waals surface area (Å²) in [4.78, 5) is 10.5. The molecule has 0 N–H and O–H groups in total. The molecule has 0 atom stereocenters. The highest BCUT2D eigenvalue weighted by Gasteiger charge is 2.13. The van der Waals surface area contributed by atoms with E-state index in [4.69, 9.17) is 0 Å². The van der Waals surface area contributed by atoms with E-state index in [0.29, 0.717) is 0 Å². The smallest absolute Gasteiger partial charge is 0.270 e. The predicted molar refractivity (Wildman–Crippen MR) is 75.0 cm³/mol. The van der Waals surface area contributed by atoms with Crippen molar-refractivity contribution in [2.24, 2.45) is 7.05 Å². The molecule has 0 aliphatic carbocycles. The van der Waals surface area contributed by atoms with Crippen molar-refractivity contribution in [1.82, 2.24) is 4.57 Å². The van der Waals surface area contributed by atoms with E-state index in [1.54, 1.807) is 12.1 Å². The second-order valence-corrected chi connectivity index (χ2v) is 4.48. The molecule has 2 aromatic carbocycles. The van der Waals surface area contributed by atoms with Crippen LogP contribution in [-0.2, 0) is 7.05 Å². The Morgan fingerprint density at radius 2 is 1.84 bits per heavy atom. The highest BCUT2D eigenvalue weighted by Crippen LogP contribution is 2.32. The van der Waals surface area contributed by atoms with Gasteiger partial charge in [-0.25, -0.2) is 0 Å². The second kappa shape index (κ2) is 4.24. The molecule has 0 aliphatic heterocycles. The van der Waals surface area contributed by atoms with Crippen molar-refractivity contribution in [3.63, 3.8) is 0 Å². The zero-order valence-electron chi connectivity index (χ0n) is 10.4. The van der Waals surface area contributed by atoms with Crippen LogP contribution in [0.3, 0.4) is 0 Å². The monoisotopic (exact) mass is 252 g/mol. The van der Waals surface area contributed by atoms with Crippen molar-refractivity contribution in [3.05, 3.63) is 64.8 Å². The normalized spacial score (nSPS) is 10.8. The lowest BCUT2D eigenvalue weighted by Crippen LogP contribution is -1.88. The van der Waals surface area contributed by atoms with E-state index in [1.165, 1.54) is 6.07 Å². The zero-order chi connectivity index (χ0) is 13.4. The molecule has 4 nitrogen and oxygen atoms in total. The molecule has 0 saturated carbocycles. The lowest BCUT2D eigenvalue weighted by atomic mass is 10.0. The molecule has 0 aliphatic rings. The van der Waals surface area contributed by atoms with Crippen LogP contribution in [0.15, 0.2) is 54.7 Å². The summed E-state index contributed by atoms with van der Waals surface area (Å²) in [6.07, 6.45) is 2.00. The molecular weight excluding hydrogens is 240 g/mol. The average molecular weight is 252 g/mol. The van der Waals surface area contributed by atoms with Gasteiger partial charge in [0.1, 0.15) is 0 Å². The van der Waals surface area contributed by atoms with Crippen LogP contribution >= 0.6 is 0 Å². The quantitative estimate of drug-likeness (QED) is 0.515. The van der Waals surface area contributed by atoms with Gasteiger partial charge >= 0.3 is 0 Å². The number of nitro groups is 1. The molecule has 0 radical (unpaired) electrons. The van der Waals surface area contributed by atoms with E-state index in [1.807, 2.05) is 48.1 Å². The Morgan fingerprint density at radius 3 is 2.53 bits per heavy atom. The van der Waals surface area contributed by atoms with Crippen molar-refractivity contribution in [3.8, 4) is 11.1 Å². The number of benzene rings is 2. The maximum atomic E-state index is 10.9. The maximum Gasteiger partial charge on any atom is 0.270 e. The molecule has 0 spiro atoms. The van der Waals surface area contributed by atoms with Gasteiger partial charge in [0.25, 0.3) is 5.69 Å². The number of aryl methyl sites for hydroxylation is 1. The van der Waals surface area contributed by atoms with Crippen molar-refractivity contribution >= 4 is 16.6 Å². The second-order valence-electron chi connectivity index (χ2n) is 4.48. The third-order valence-corrected chi connectivity index (χ3v) is 3.27. The van der Waals surface area contributed by atoms with Crippen molar-refractivity contribution < 1.29 is 4.92 Å². The van der Waals surface area contributed by atoms with Crippen molar-refractivity contribution in [2.45, 2.75) is 0 Å². The van der Waals surface area contributed by atoms with E-state index < -0.39 is 0 Å². The highest BCUT2D eigenvalue weighted by atomic mass is 16.6. The fourth-order valence-electron chi connectivity index (χ4n) is 2.34. The van der Waals surface area contributed by atoms with E-state index >= 15 is 0 Å². The lowest BCUT2D eigenvalue weighted by molar-refractivity contribution is -0.384. The van der Waals surface area contributed by atoms with Crippen LogP contribution in [0.2, 0.25) is 0 Å². The molecule has 4 heteroatoms. The average Bonchev–Trinajstić information content (AvgIpc) is 2.77. The molecule has 19 heavy (non-hydrogen) atoms. The molecule has 1 aromatic heterocycles. The predicted octanol–water partition coefficient (Wildman–Crippen LogP) is 3.75. The topological polar surface area (TPSA) is 48.1 Å². The van der Waals surface area contributed by atoms with Crippen molar-refractivity contribution in [2.75, 3.05) is 0 Å².